The number of phenols is 1. The first-order valence-electron chi connectivity index (χ1n) is 7.45. The normalized spacial score (nSPS) is 11.5. The lowest BCUT2D eigenvalue weighted by molar-refractivity contribution is 0.475. The van der Waals surface area contributed by atoms with Gasteiger partial charge >= 0.3 is 0 Å². The average molecular weight is 334 g/mol. The van der Waals surface area contributed by atoms with Crippen molar-refractivity contribution in [2.75, 3.05) is 0 Å². The molecule has 0 aliphatic heterocycles. The number of hydrogen-bond donors (Lipinski definition) is 1. The summed E-state index contributed by atoms with van der Waals surface area (Å²) in [5.74, 6) is 0.918. The van der Waals surface area contributed by atoms with Crippen LogP contribution in [0.25, 0.3) is 16.2 Å². The van der Waals surface area contributed by atoms with Crippen molar-refractivity contribution in [2.24, 2.45) is 10.2 Å². The number of hydrogen-bond acceptors (Lipinski definition) is 5. The SMILES string of the molecule is Cc1cc(O)ccc1N=Nc1c(-c2cccs2)nc2ccccn12. The molecule has 0 saturated heterocycles. The second-order valence-electron chi connectivity index (χ2n) is 5.36. The first-order chi connectivity index (χ1) is 11.7. The van der Waals surface area contributed by atoms with Crippen LogP contribution in [0.4, 0.5) is 11.5 Å². The molecule has 0 radical (unpaired) electrons. The van der Waals surface area contributed by atoms with Gasteiger partial charge in [-0.2, -0.15) is 0 Å². The highest BCUT2D eigenvalue weighted by Crippen LogP contribution is 2.35. The molecule has 0 spiro atoms. The number of nitrogens with zero attached hydrogens (tertiary/aromatic N) is 4. The number of phenolic OH excluding ortho intramolecular Hbond substituents is 1. The first-order valence-corrected chi connectivity index (χ1v) is 8.32. The van der Waals surface area contributed by atoms with Crippen LogP contribution >= 0.6 is 11.3 Å². The zero-order valence-electron chi connectivity index (χ0n) is 12.9. The Balaban J connectivity index is 1.86. The lowest BCUT2D eigenvalue weighted by Crippen LogP contribution is -1.81. The van der Waals surface area contributed by atoms with Crippen LogP contribution in [-0.2, 0) is 0 Å². The van der Waals surface area contributed by atoms with Gasteiger partial charge in [0.1, 0.15) is 17.1 Å². The first kappa shape index (κ1) is 14.6. The van der Waals surface area contributed by atoms with Gasteiger partial charge in [0.25, 0.3) is 0 Å². The summed E-state index contributed by atoms with van der Waals surface area (Å²) < 4.78 is 1.92. The van der Waals surface area contributed by atoms with Crippen molar-refractivity contribution in [1.82, 2.24) is 9.38 Å². The number of rotatable bonds is 3. The highest BCUT2D eigenvalue weighted by Gasteiger charge is 2.14. The fourth-order valence-electron chi connectivity index (χ4n) is 2.51. The summed E-state index contributed by atoms with van der Waals surface area (Å²) in [6.45, 7) is 1.89. The van der Waals surface area contributed by atoms with Gasteiger partial charge in [-0.15, -0.1) is 21.6 Å². The van der Waals surface area contributed by atoms with E-state index >= 15 is 0 Å². The third-order valence-corrected chi connectivity index (χ3v) is 4.57. The zero-order valence-corrected chi connectivity index (χ0v) is 13.7. The molecule has 118 valence electrons. The minimum absolute atomic E-state index is 0.223. The van der Waals surface area contributed by atoms with Gasteiger partial charge in [-0.1, -0.05) is 12.1 Å². The second kappa shape index (κ2) is 5.90. The summed E-state index contributed by atoms with van der Waals surface area (Å²) in [5, 5.41) is 20.4. The predicted octanol–water partition coefficient (Wildman–Crippen LogP) is 5.49. The van der Waals surface area contributed by atoms with Crippen molar-refractivity contribution in [3.05, 3.63) is 65.7 Å². The molecule has 0 saturated carbocycles. The molecule has 1 N–H and O–H groups in total. The third-order valence-electron chi connectivity index (χ3n) is 3.69. The molecular weight excluding hydrogens is 320 g/mol. The van der Waals surface area contributed by atoms with Crippen molar-refractivity contribution in [3.63, 3.8) is 0 Å². The maximum atomic E-state index is 9.52. The van der Waals surface area contributed by atoms with Gasteiger partial charge in [-0.3, -0.25) is 4.40 Å². The molecule has 0 unspecified atom stereocenters. The molecule has 6 heteroatoms. The topological polar surface area (TPSA) is 62.2 Å². The van der Waals surface area contributed by atoms with Crippen LogP contribution in [0.3, 0.4) is 0 Å². The number of aromatic hydroxyl groups is 1. The Labute approximate surface area is 142 Å². The molecule has 3 heterocycles. The number of aromatic nitrogens is 2. The number of aryl methyl sites for hydroxylation is 1. The monoisotopic (exact) mass is 334 g/mol. The van der Waals surface area contributed by atoms with Gasteiger partial charge in [-0.05, 0) is 54.3 Å². The quantitative estimate of drug-likeness (QED) is 0.503. The molecule has 0 fully saturated rings. The fourth-order valence-corrected chi connectivity index (χ4v) is 3.22. The van der Waals surface area contributed by atoms with E-state index in [1.54, 1.807) is 29.5 Å². The van der Waals surface area contributed by atoms with Crippen molar-refractivity contribution < 1.29 is 5.11 Å². The summed E-state index contributed by atoms with van der Waals surface area (Å²) in [4.78, 5) is 5.73. The van der Waals surface area contributed by atoms with E-state index in [0.717, 1.165) is 27.5 Å². The van der Waals surface area contributed by atoms with Gasteiger partial charge < -0.3 is 5.11 Å². The number of azo groups is 1. The minimum Gasteiger partial charge on any atom is -0.508 e. The van der Waals surface area contributed by atoms with Crippen LogP contribution in [0.2, 0.25) is 0 Å². The highest BCUT2D eigenvalue weighted by atomic mass is 32.1. The van der Waals surface area contributed by atoms with E-state index in [4.69, 9.17) is 0 Å². The van der Waals surface area contributed by atoms with Crippen LogP contribution in [-0.4, -0.2) is 14.5 Å². The predicted molar refractivity (Wildman–Crippen MR) is 95.5 cm³/mol. The molecule has 24 heavy (non-hydrogen) atoms. The van der Waals surface area contributed by atoms with Gasteiger partial charge in [0.2, 0.25) is 0 Å². The van der Waals surface area contributed by atoms with E-state index in [1.165, 1.54) is 0 Å². The van der Waals surface area contributed by atoms with Crippen LogP contribution in [0.15, 0.2) is 70.3 Å². The largest absolute Gasteiger partial charge is 0.508 e. The number of imidazole rings is 1. The number of thiophene rings is 1. The number of benzene rings is 1. The molecule has 3 aromatic heterocycles. The van der Waals surface area contributed by atoms with E-state index in [-0.39, 0.29) is 5.75 Å². The Kier molecular flexibility index (Phi) is 3.59. The summed E-state index contributed by atoms with van der Waals surface area (Å²) in [6.07, 6.45) is 1.93. The van der Waals surface area contributed by atoms with E-state index in [2.05, 4.69) is 15.2 Å². The zero-order chi connectivity index (χ0) is 16.5. The summed E-state index contributed by atoms with van der Waals surface area (Å²) in [6, 6.07) is 14.9. The van der Waals surface area contributed by atoms with Crippen LogP contribution in [0, 0.1) is 6.92 Å². The van der Waals surface area contributed by atoms with E-state index in [0.29, 0.717) is 5.82 Å². The lowest BCUT2D eigenvalue weighted by Gasteiger charge is -2.00. The van der Waals surface area contributed by atoms with Crippen molar-refractivity contribution in [1.29, 1.82) is 0 Å². The van der Waals surface area contributed by atoms with Crippen LogP contribution < -0.4 is 0 Å². The van der Waals surface area contributed by atoms with E-state index in [9.17, 15) is 5.11 Å². The van der Waals surface area contributed by atoms with E-state index in [1.807, 2.05) is 53.2 Å². The molecule has 4 rings (SSSR count). The van der Waals surface area contributed by atoms with Gasteiger partial charge in [0.05, 0.1) is 10.6 Å². The molecule has 0 aliphatic carbocycles. The van der Waals surface area contributed by atoms with Crippen molar-refractivity contribution in [3.8, 4) is 16.3 Å². The Morgan fingerprint density at radius 3 is 2.79 bits per heavy atom. The third kappa shape index (κ3) is 2.57. The smallest absolute Gasteiger partial charge is 0.188 e. The van der Waals surface area contributed by atoms with Crippen LogP contribution in [0.5, 0.6) is 5.75 Å². The van der Waals surface area contributed by atoms with Crippen molar-refractivity contribution >= 4 is 28.5 Å². The summed E-state index contributed by atoms with van der Waals surface area (Å²) >= 11 is 1.62. The molecule has 0 aliphatic rings. The molecule has 5 nitrogen and oxygen atoms in total. The standard InChI is InChI=1S/C18H14N4OS/c1-12-11-13(23)7-8-14(12)20-21-18-17(15-5-4-10-24-15)19-16-6-2-3-9-22(16)18/h2-11,23H,1H3. The van der Waals surface area contributed by atoms with E-state index < -0.39 is 0 Å². The Hall–Kier alpha value is -2.99. The fraction of sp³-hybridized carbons (Fsp3) is 0.0556. The Morgan fingerprint density at radius 1 is 1.08 bits per heavy atom. The van der Waals surface area contributed by atoms with Gasteiger partial charge in [-0.25, -0.2) is 4.98 Å². The van der Waals surface area contributed by atoms with Crippen molar-refractivity contribution in [2.45, 2.75) is 6.92 Å². The second-order valence-corrected chi connectivity index (χ2v) is 6.31. The molecule has 1 aromatic carbocycles. The molecule has 0 bridgehead atoms. The maximum absolute atomic E-state index is 9.52. The minimum atomic E-state index is 0.223. The average Bonchev–Trinajstić information content (AvgIpc) is 3.21. The van der Waals surface area contributed by atoms with Gasteiger partial charge in [0.15, 0.2) is 5.82 Å². The van der Waals surface area contributed by atoms with Gasteiger partial charge in [0, 0.05) is 6.20 Å². The number of fused-ring (bicyclic) bond motifs is 1. The Bertz CT molecular complexity index is 1030. The molecular formula is C18H14N4OS. The summed E-state index contributed by atoms with van der Waals surface area (Å²) in [7, 11) is 0. The maximum Gasteiger partial charge on any atom is 0.188 e. The van der Waals surface area contributed by atoms with Crippen LogP contribution in [0.1, 0.15) is 5.56 Å². The molecule has 4 aromatic rings. The molecule has 0 amide bonds. The Morgan fingerprint density at radius 2 is 2.00 bits per heavy atom. The number of pyridine rings is 1. The lowest BCUT2D eigenvalue weighted by atomic mass is 10.2. The highest BCUT2D eigenvalue weighted by molar-refractivity contribution is 7.13. The summed E-state index contributed by atoms with van der Waals surface area (Å²) in [5.41, 5.74) is 3.23. The molecule has 0 atom stereocenters.